The minimum atomic E-state index is -0.672. The number of hydrogen-bond donors (Lipinski definition) is 3. The van der Waals surface area contributed by atoms with Gasteiger partial charge in [-0.25, -0.2) is 10.9 Å². The van der Waals surface area contributed by atoms with Crippen molar-refractivity contribution >= 4 is 29.1 Å². The summed E-state index contributed by atoms with van der Waals surface area (Å²) >= 11 is 11.7. The molecule has 0 aromatic carbocycles. The van der Waals surface area contributed by atoms with Crippen molar-refractivity contribution in [3.8, 4) is 0 Å². The van der Waals surface area contributed by atoms with E-state index in [4.69, 9.17) is 34.6 Å². The van der Waals surface area contributed by atoms with E-state index in [1.807, 2.05) is 0 Å². The lowest BCUT2D eigenvalue weighted by Crippen LogP contribution is -2.47. The third-order valence-corrected chi connectivity index (χ3v) is 2.77. The predicted octanol–water partition coefficient (Wildman–Crippen LogP) is 0.721. The summed E-state index contributed by atoms with van der Waals surface area (Å²) in [6.45, 7) is 0.655. The fraction of sp³-hybridized carbons (Fsp3) is 0.444. The number of nitrogens with two attached hydrogens (primary N) is 1. The van der Waals surface area contributed by atoms with E-state index in [0.29, 0.717) is 17.4 Å². The lowest BCUT2D eigenvalue weighted by Gasteiger charge is -2.26. The van der Waals surface area contributed by atoms with E-state index >= 15 is 0 Å². The van der Waals surface area contributed by atoms with E-state index in [1.165, 1.54) is 0 Å². The van der Waals surface area contributed by atoms with Crippen molar-refractivity contribution in [2.24, 2.45) is 11.0 Å². The summed E-state index contributed by atoms with van der Waals surface area (Å²) in [6, 6.07) is 0. The summed E-state index contributed by atoms with van der Waals surface area (Å²) in [4.78, 5) is 14.3. The van der Waals surface area contributed by atoms with Crippen molar-refractivity contribution in [2.45, 2.75) is 5.50 Å². The third kappa shape index (κ3) is 4.98. The predicted molar refractivity (Wildman–Crippen MR) is 72.7 cm³/mol. The van der Waals surface area contributed by atoms with E-state index in [2.05, 4.69) is 20.7 Å². The van der Waals surface area contributed by atoms with Crippen LogP contribution in [-0.4, -0.2) is 36.1 Å². The molecule has 1 unspecified atom stereocenters. The van der Waals surface area contributed by atoms with Gasteiger partial charge < -0.3 is 10.6 Å². The number of nitrogens with one attached hydrogen (secondary N) is 2. The average molecular weight is 306 g/mol. The zero-order valence-corrected chi connectivity index (χ0v) is 11.4. The number of azide groups is 1. The SMILES string of the molecule is [N-]=[N+]=NCCNCC(=O)N(N)C1=CC=C(Cl)NC1Cl. The minimum Gasteiger partial charge on any atom is -0.355 e. The standard InChI is InChI=1S/C9H13Cl2N7O/c10-7-2-1-6(9(11)16-7)18(13)8(19)5-14-3-4-15-17-12/h1-2,9,14,16H,3-5,13H2. The Balaban J connectivity index is 2.46. The molecule has 1 heterocycles. The minimum absolute atomic E-state index is 0.00977. The molecule has 104 valence electrons. The van der Waals surface area contributed by atoms with Gasteiger partial charge in [0.15, 0.2) is 0 Å². The molecule has 1 aliphatic rings. The van der Waals surface area contributed by atoms with Crippen LogP contribution in [-0.2, 0) is 4.79 Å². The number of carbonyl (C=O) groups excluding carboxylic acids is 1. The van der Waals surface area contributed by atoms with Gasteiger partial charge in [0.2, 0.25) is 0 Å². The van der Waals surface area contributed by atoms with Crippen LogP contribution in [0, 0.1) is 0 Å². The number of dihydropyridines is 1. The van der Waals surface area contributed by atoms with Gasteiger partial charge in [-0.05, 0) is 17.7 Å². The van der Waals surface area contributed by atoms with Crippen LogP contribution in [0.15, 0.2) is 28.1 Å². The van der Waals surface area contributed by atoms with Crippen molar-refractivity contribution < 1.29 is 4.79 Å². The topological polar surface area (TPSA) is 119 Å². The Morgan fingerprint density at radius 1 is 1.68 bits per heavy atom. The summed E-state index contributed by atoms with van der Waals surface area (Å²) in [5.41, 5.74) is 7.80. The lowest BCUT2D eigenvalue weighted by atomic mass is 10.3. The normalized spacial score (nSPS) is 17.7. The van der Waals surface area contributed by atoms with Gasteiger partial charge in [0.1, 0.15) is 10.7 Å². The Morgan fingerprint density at radius 3 is 3.05 bits per heavy atom. The number of allylic oxidation sites excluding steroid dienone is 2. The molecule has 19 heavy (non-hydrogen) atoms. The number of hydrazine groups is 1. The molecular formula is C9H13Cl2N7O. The molecule has 1 aliphatic heterocycles. The molecule has 0 bridgehead atoms. The van der Waals surface area contributed by atoms with Gasteiger partial charge >= 0.3 is 0 Å². The van der Waals surface area contributed by atoms with Crippen molar-refractivity contribution in [1.82, 2.24) is 15.6 Å². The number of hydrogen-bond acceptors (Lipinski definition) is 5. The largest absolute Gasteiger partial charge is 0.355 e. The summed E-state index contributed by atoms with van der Waals surface area (Å²) in [7, 11) is 0. The maximum atomic E-state index is 11.8. The Labute approximate surface area is 119 Å². The highest BCUT2D eigenvalue weighted by Crippen LogP contribution is 2.18. The second-order valence-electron chi connectivity index (χ2n) is 3.51. The zero-order chi connectivity index (χ0) is 14.3. The summed E-state index contributed by atoms with van der Waals surface area (Å²) < 4.78 is 0. The van der Waals surface area contributed by atoms with E-state index in [1.54, 1.807) is 12.2 Å². The van der Waals surface area contributed by atoms with Crippen LogP contribution >= 0.6 is 23.2 Å². The van der Waals surface area contributed by atoms with Crippen LogP contribution < -0.4 is 16.5 Å². The maximum absolute atomic E-state index is 11.8. The van der Waals surface area contributed by atoms with Crippen molar-refractivity contribution in [2.75, 3.05) is 19.6 Å². The Hall–Kier alpha value is -1.44. The molecular weight excluding hydrogens is 293 g/mol. The Morgan fingerprint density at radius 2 is 2.42 bits per heavy atom. The van der Waals surface area contributed by atoms with Crippen LogP contribution in [0.3, 0.4) is 0 Å². The third-order valence-electron chi connectivity index (χ3n) is 2.20. The number of rotatable bonds is 6. The average Bonchev–Trinajstić information content (AvgIpc) is 2.37. The molecule has 1 amide bonds. The van der Waals surface area contributed by atoms with Gasteiger partial charge in [0.25, 0.3) is 5.91 Å². The molecule has 0 fully saturated rings. The maximum Gasteiger partial charge on any atom is 0.254 e. The van der Waals surface area contributed by atoms with Gasteiger partial charge in [0, 0.05) is 18.0 Å². The first kappa shape index (κ1) is 15.6. The Kier molecular flexibility index (Phi) is 6.48. The van der Waals surface area contributed by atoms with Crippen LogP contribution in [0.25, 0.3) is 10.4 Å². The van der Waals surface area contributed by atoms with E-state index in [0.717, 1.165) is 5.01 Å². The van der Waals surface area contributed by atoms with Crippen LogP contribution in [0.2, 0.25) is 0 Å². The summed E-state index contributed by atoms with van der Waals surface area (Å²) in [5.74, 6) is 5.30. The Bertz CT molecular complexity index is 444. The van der Waals surface area contributed by atoms with Crippen LogP contribution in [0.5, 0.6) is 0 Å². The van der Waals surface area contributed by atoms with Gasteiger partial charge in [-0.15, -0.1) is 0 Å². The van der Waals surface area contributed by atoms with Crippen molar-refractivity contribution in [1.29, 1.82) is 0 Å². The van der Waals surface area contributed by atoms with E-state index in [9.17, 15) is 4.79 Å². The highest BCUT2D eigenvalue weighted by Gasteiger charge is 2.22. The van der Waals surface area contributed by atoms with Gasteiger partial charge in [-0.2, -0.15) is 0 Å². The molecule has 0 aromatic rings. The molecule has 0 aliphatic carbocycles. The second kappa shape index (κ2) is 7.88. The fourth-order valence-electron chi connectivity index (χ4n) is 1.29. The lowest BCUT2D eigenvalue weighted by molar-refractivity contribution is -0.128. The first-order valence-electron chi connectivity index (χ1n) is 5.33. The highest BCUT2D eigenvalue weighted by molar-refractivity contribution is 6.31. The van der Waals surface area contributed by atoms with Gasteiger partial charge in [-0.3, -0.25) is 4.79 Å². The molecule has 0 spiro atoms. The van der Waals surface area contributed by atoms with Gasteiger partial charge in [0.05, 0.1) is 12.2 Å². The zero-order valence-electron chi connectivity index (χ0n) is 9.88. The molecule has 1 rings (SSSR count). The second-order valence-corrected chi connectivity index (χ2v) is 4.35. The molecule has 0 aromatic heterocycles. The van der Waals surface area contributed by atoms with Crippen LogP contribution in [0.1, 0.15) is 0 Å². The first-order chi connectivity index (χ1) is 9.06. The molecule has 0 saturated carbocycles. The van der Waals surface area contributed by atoms with E-state index in [-0.39, 0.29) is 19.0 Å². The van der Waals surface area contributed by atoms with Gasteiger partial charge in [-0.1, -0.05) is 28.3 Å². The molecule has 0 radical (unpaired) electrons. The van der Waals surface area contributed by atoms with Crippen molar-refractivity contribution in [3.05, 3.63) is 33.4 Å². The number of alkyl halides is 1. The highest BCUT2D eigenvalue weighted by atomic mass is 35.5. The van der Waals surface area contributed by atoms with Crippen LogP contribution in [0.4, 0.5) is 0 Å². The fourth-order valence-corrected chi connectivity index (χ4v) is 1.81. The monoisotopic (exact) mass is 305 g/mol. The van der Waals surface area contributed by atoms with E-state index < -0.39 is 5.50 Å². The molecule has 10 heteroatoms. The molecule has 0 saturated heterocycles. The molecule has 1 atom stereocenters. The number of carbonyl (C=O) groups is 1. The number of amides is 1. The smallest absolute Gasteiger partial charge is 0.254 e. The summed E-state index contributed by atoms with van der Waals surface area (Å²) in [6.07, 6.45) is 3.12. The number of halogens is 2. The van der Waals surface area contributed by atoms with Crippen molar-refractivity contribution in [3.63, 3.8) is 0 Å². The molecule has 8 nitrogen and oxygen atoms in total. The first-order valence-corrected chi connectivity index (χ1v) is 6.15. The number of nitrogens with zero attached hydrogens (tertiary/aromatic N) is 4. The quantitative estimate of drug-likeness (QED) is 0.0770. The molecule has 4 N–H and O–H groups in total. The summed E-state index contributed by atoms with van der Waals surface area (Å²) in [5, 5.41) is 10.2.